The lowest BCUT2D eigenvalue weighted by Crippen LogP contribution is -2.27. The molecule has 280 valence electrons. The summed E-state index contributed by atoms with van der Waals surface area (Å²) >= 11 is 0. The van der Waals surface area contributed by atoms with Crippen molar-refractivity contribution < 1.29 is 32.8 Å². The van der Waals surface area contributed by atoms with Crippen molar-refractivity contribution in [3.8, 4) is 0 Å². The lowest BCUT2D eigenvalue weighted by atomic mass is 10.0. The van der Waals surface area contributed by atoms with Crippen molar-refractivity contribution in [1.29, 1.82) is 0 Å². The zero-order chi connectivity index (χ0) is 35.2. The predicted molar refractivity (Wildman–Crippen MR) is 201 cm³/mol. The summed E-state index contributed by atoms with van der Waals surface area (Å²) in [5.41, 5.74) is 5.34. The minimum atomic E-state index is -4.30. The number of ether oxygens (including phenoxy) is 2. The van der Waals surface area contributed by atoms with E-state index in [9.17, 15) is 14.3 Å². The summed E-state index contributed by atoms with van der Waals surface area (Å²) < 4.78 is 33.0. The molecule has 9 heteroatoms. The van der Waals surface area contributed by atoms with Crippen LogP contribution < -0.4 is 5.73 Å². The molecule has 3 N–H and O–H groups in total. The van der Waals surface area contributed by atoms with Crippen molar-refractivity contribution in [3.63, 3.8) is 0 Å². The molecule has 0 rings (SSSR count). The van der Waals surface area contributed by atoms with Crippen molar-refractivity contribution in [2.24, 2.45) is 5.73 Å². The van der Waals surface area contributed by atoms with Crippen LogP contribution >= 0.6 is 7.82 Å². The second-order valence-electron chi connectivity index (χ2n) is 12.5. The fourth-order valence-corrected chi connectivity index (χ4v) is 5.73. The molecule has 0 saturated heterocycles. The largest absolute Gasteiger partial charge is 0.498 e. The zero-order valence-corrected chi connectivity index (χ0v) is 31.6. The van der Waals surface area contributed by atoms with Crippen molar-refractivity contribution in [2.75, 3.05) is 26.4 Å². The molecule has 48 heavy (non-hydrogen) atoms. The molecular formula is C39H72NO7P. The first-order chi connectivity index (χ1) is 23.4. The van der Waals surface area contributed by atoms with Gasteiger partial charge in [0.05, 0.1) is 19.5 Å². The molecule has 0 spiro atoms. The summed E-state index contributed by atoms with van der Waals surface area (Å²) in [6, 6.07) is 0. The lowest BCUT2D eigenvalue weighted by Gasteiger charge is -2.19. The average molecular weight is 698 g/mol. The highest BCUT2D eigenvalue weighted by molar-refractivity contribution is 7.47. The third kappa shape index (κ3) is 35.6. The molecule has 0 aliphatic carbocycles. The van der Waals surface area contributed by atoms with Gasteiger partial charge in [0.2, 0.25) is 0 Å². The molecule has 0 fully saturated rings. The van der Waals surface area contributed by atoms with Crippen molar-refractivity contribution >= 4 is 13.8 Å². The number of phosphoric ester groups is 1. The van der Waals surface area contributed by atoms with Gasteiger partial charge in [0.1, 0.15) is 6.61 Å². The summed E-state index contributed by atoms with van der Waals surface area (Å²) in [5, 5.41) is 0. The summed E-state index contributed by atoms with van der Waals surface area (Å²) in [7, 11) is -4.30. The Bertz CT molecular complexity index is 874. The van der Waals surface area contributed by atoms with Gasteiger partial charge in [-0.3, -0.25) is 13.8 Å². The van der Waals surface area contributed by atoms with Crippen LogP contribution in [0.3, 0.4) is 0 Å². The molecule has 0 amide bonds. The predicted octanol–water partition coefficient (Wildman–Crippen LogP) is 11.2. The minimum Gasteiger partial charge on any atom is -0.498 e. The highest BCUT2D eigenvalue weighted by atomic mass is 31.2. The van der Waals surface area contributed by atoms with Gasteiger partial charge in [-0.2, -0.15) is 0 Å². The molecule has 1 unspecified atom stereocenters. The van der Waals surface area contributed by atoms with E-state index >= 15 is 0 Å². The average Bonchev–Trinajstić information content (AvgIpc) is 3.07. The van der Waals surface area contributed by atoms with Crippen LogP contribution in [-0.2, 0) is 27.9 Å². The number of hydrogen-bond acceptors (Lipinski definition) is 7. The Balaban J connectivity index is 4.23. The van der Waals surface area contributed by atoms with Gasteiger partial charge < -0.3 is 20.1 Å². The SMILES string of the molecule is CCCCC/C=C/C/C=C/C/C=C/CCCCC(=O)O[C@H](CO/C=C/CCCCCCCCCCCCCC)COP(=O)(O)OCCN. The van der Waals surface area contributed by atoms with Gasteiger partial charge >= 0.3 is 13.8 Å². The third-order valence-electron chi connectivity index (χ3n) is 7.81. The van der Waals surface area contributed by atoms with E-state index in [0.29, 0.717) is 6.42 Å². The van der Waals surface area contributed by atoms with Crippen LogP contribution in [0.5, 0.6) is 0 Å². The van der Waals surface area contributed by atoms with Gasteiger partial charge in [0, 0.05) is 13.0 Å². The smallest absolute Gasteiger partial charge is 0.472 e. The van der Waals surface area contributed by atoms with E-state index in [4.69, 9.17) is 24.3 Å². The third-order valence-corrected chi connectivity index (χ3v) is 8.80. The van der Waals surface area contributed by atoms with Gasteiger partial charge in [-0.05, 0) is 63.9 Å². The van der Waals surface area contributed by atoms with Crippen molar-refractivity contribution in [2.45, 2.75) is 168 Å². The maximum atomic E-state index is 12.5. The van der Waals surface area contributed by atoms with Gasteiger partial charge in [-0.1, -0.05) is 134 Å². The minimum absolute atomic E-state index is 0.0163. The van der Waals surface area contributed by atoms with Crippen LogP contribution in [0.15, 0.2) is 48.8 Å². The number of phosphoric acid groups is 1. The fourth-order valence-electron chi connectivity index (χ4n) is 4.97. The molecular weight excluding hydrogens is 625 g/mol. The Morgan fingerprint density at radius 2 is 1.12 bits per heavy atom. The number of nitrogens with two attached hydrogens (primary N) is 1. The Morgan fingerprint density at radius 1 is 0.646 bits per heavy atom. The Kier molecular flexibility index (Phi) is 35.3. The Morgan fingerprint density at radius 3 is 1.71 bits per heavy atom. The fraction of sp³-hybridized carbons (Fsp3) is 0.769. The first-order valence-corrected chi connectivity index (χ1v) is 20.7. The van der Waals surface area contributed by atoms with Gasteiger partial charge in [-0.25, -0.2) is 4.57 Å². The summed E-state index contributed by atoms with van der Waals surface area (Å²) in [4.78, 5) is 22.3. The zero-order valence-electron chi connectivity index (χ0n) is 30.7. The number of carbonyl (C=O) groups excluding carboxylic acids is 1. The molecule has 0 aliphatic heterocycles. The molecule has 8 nitrogen and oxygen atoms in total. The first kappa shape index (κ1) is 46.3. The second kappa shape index (κ2) is 36.6. The molecule has 0 aliphatic rings. The molecule has 0 aromatic carbocycles. The Labute approximate surface area is 294 Å². The van der Waals surface area contributed by atoms with Crippen LogP contribution in [0.4, 0.5) is 0 Å². The van der Waals surface area contributed by atoms with Crippen LogP contribution in [0.25, 0.3) is 0 Å². The maximum Gasteiger partial charge on any atom is 0.472 e. The van der Waals surface area contributed by atoms with E-state index in [-0.39, 0.29) is 32.8 Å². The molecule has 0 aromatic heterocycles. The van der Waals surface area contributed by atoms with E-state index in [1.165, 1.54) is 96.3 Å². The number of esters is 1. The van der Waals surface area contributed by atoms with E-state index in [0.717, 1.165) is 38.5 Å². The van der Waals surface area contributed by atoms with Crippen molar-refractivity contribution in [1.82, 2.24) is 0 Å². The van der Waals surface area contributed by atoms with E-state index < -0.39 is 19.9 Å². The number of allylic oxidation sites excluding steroid dienone is 7. The molecule has 0 heterocycles. The number of unbranched alkanes of at least 4 members (excludes halogenated alkanes) is 17. The van der Waals surface area contributed by atoms with E-state index in [1.54, 1.807) is 6.26 Å². The number of rotatable bonds is 36. The quantitative estimate of drug-likeness (QED) is 0.0218. The van der Waals surface area contributed by atoms with Crippen LogP contribution in [-0.4, -0.2) is 43.3 Å². The molecule has 0 aromatic rings. The van der Waals surface area contributed by atoms with Crippen molar-refractivity contribution in [3.05, 3.63) is 48.8 Å². The van der Waals surface area contributed by atoms with E-state index in [2.05, 4.69) is 50.3 Å². The monoisotopic (exact) mass is 698 g/mol. The van der Waals surface area contributed by atoms with Crippen LogP contribution in [0.1, 0.15) is 162 Å². The second-order valence-corrected chi connectivity index (χ2v) is 14.0. The normalized spacial score (nSPS) is 14.1. The summed E-state index contributed by atoms with van der Waals surface area (Å²) in [6.45, 7) is 4.15. The van der Waals surface area contributed by atoms with Crippen LogP contribution in [0.2, 0.25) is 0 Å². The first-order valence-electron chi connectivity index (χ1n) is 19.2. The highest BCUT2D eigenvalue weighted by Gasteiger charge is 2.25. The lowest BCUT2D eigenvalue weighted by molar-refractivity contribution is -0.153. The highest BCUT2D eigenvalue weighted by Crippen LogP contribution is 2.43. The van der Waals surface area contributed by atoms with Gasteiger partial charge in [0.25, 0.3) is 0 Å². The molecule has 0 bridgehead atoms. The van der Waals surface area contributed by atoms with Gasteiger partial charge in [-0.15, -0.1) is 0 Å². The van der Waals surface area contributed by atoms with Gasteiger partial charge in [0.15, 0.2) is 6.10 Å². The standard InChI is InChI=1S/C39H72NO7P/c1-3-5-7-9-11-13-15-17-19-20-22-24-26-28-30-32-39(41)47-38(37-46-48(42,43)45-35-33-40)36-44-34-31-29-27-25-23-21-18-16-14-12-10-8-6-4-2/h11,13,17,19,22,24,31,34,38H,3-10,12,14-16,18,20-21,23,25-30,32-33,35-37,40H2,1-2H3,(H,42,43)/b13-11+,19-17+,24-22+,34-31+/t38-/m1/s1. The van der Waals surface area contributed by atoms with Crippen LogP contribution in [0, 0.1) is 0 Å². The van der Waals surface area contributed by atoms with E-state index in [1.807, 2.05) is 6.08 Å². The summed E-state index contributed by atoms with van der Waals surface area (Å²) in [5.74, 6) is -0.391. The molecule has 2 atom stereocenters. The number of carbonyl (C=O) groups is 1. The Hall–Kier alpha value is -1.70. The molecule has 0 saturated carbocycles. The topological polar surface area (TPSA) is 117 Å². The maximum absolute atomic E-state index is 12.5. The summed E-state index contributed by atoms with van der Waals surface area (Å²) in [6.07, 6.45) is 42.2. The molecule has 0 radical (unpaired) electrons. The number of hydrogen-bond donors (Lipinski definition) is 2.